The van der Waals surface area contributed by atoms with E-state index in [0.717, 1.165) is 55.6 Å². The summed E-state index contributed by atoms with van der Waals surface area (Å²) in [7, 11) is 0. The van der Waals surface area contributed by atoms with Gasteiger partial charge in [-0.2, -0.15) is 0 Å². The molecular weight excluding hydrogens is 625 g/mol. The van der Waals surface area contributed by atoms with Gasteiger partial charge in [0, 0.05) is 44.4 Å². The fourth-order valence-corrected chi connectivity index (χ4v) is 7.79. The molecule has 0 bridgehead atoms. The number of hydrogen-bond acceptors (Lipinski definition) is 4. The predicted octanol–water partition coefficient (Wildman–Crippen LogP) is 11.5. The third-order valence-corrected chi connectivity index (χ3v) is 10.2. The van der Waals surface area contributed by atoms with E-state index < -0.39 is 0 Å². The largest absolute Gasteiger partial charge is 0.454 e. The minimum absolute atomic E-state index is 0.196. The van der Waals surface area contributed by atoms with Crippen LogP contribution in [0.15, 0.2) is 162 Å². The molecule has 0 spiro atoms. The standard InChI is InChI=1S/C46H32N4O/c1-46(2)37-21-13-12-20-35(37)39-41-40(50(42(39)46)34-18-10-5-11-19-34)36-28-33(26-27-38(36)51-41)29-22-24-32(25-23-29)45-48-43(30-14-6-3-7-15-30)47-44(49-45)31-16-8-4-9-17-31/h3-28H,1-2H3. The van der Waals surface area contributed by atoms with E-state index in [0.29, 0.717) is 17.5 Å². The lowest BCUT2D eigenvalue weighted by molar-refractivity contribution is 0.624. The van der Waals surface area contributed by atoms with Crippen molar-refractivity contribution in [1.29, 1.82) is 0 Å². The van der Waals surface area contributed by atoms with Crippen molar-refractivity contribution in [1.82, 2.24) is 19.5 Å². The quantitative estimate of drug-likeness (QED) is 0.185. The Kier molecular flexibility index (Phi) is 6.46. The van der Waals surface area contributed by atoms with Crippen molar-refractivity contribution >= 4 is 22.1 Å². The average molecular weight is 657 g/mol. The van der Waals surface area contributed by atoms with Gasteiger partial charge in [0.25, 0.3) is 0 Å². The molecule has 6 aromatic carbocycles. The maximum Gasteiger partial charge on any atom is 0.164 e. The summed E-state index contributed by atoms with van der Waals surface area (Å²) in [5, 5.41) is 1.09. The number of furan rings is 1. The molecule has 0 amide bonds. The van der Waals surface area contributed by atoms with Crippen molar-refractivity contribution in [2.45, 2.75) is 19.3 Å². The molecule has 0 N–H and O–H groups in total. The highest BCUT2D eigenvalue weighted by Gasteiger charge is 2.42. The average Bonchev–Trinajstić information content (AvgIpc) is 3.81. The Morgan fingerprint density at radius 1 is 0.510 bits per heavy atom. The Bertz CT molecular complexity index is 2690. The van der Waals surface area contributed by atoms with Crippen LogP contribution in [0.1, 0.15) is 25.1 Å². The van der Waals surface area contributed by atoms with E-state index in [4.69, 9.17) is 19.4 Å². The first-order chi connectivity index (χ1) is 25.0. The molecule has 0 aliphatic heterocycles. The minimum atomic E-state index is -0.196. The second-order valence-electron chi connectivity index (χ2n) is 13.7. The monoisotopic (exact) mass is 656 g/mol. The molecule has 0 saturated heterocycles. The van der Waals surface area contributed by atoms with Gasteiger partial charge in [-0.3, -0.25) is 0 Å². The number of benzene rings is 6. The van der Waals surface area contributed by atoms with Crippen LogP contribution < -0.4 is 0 Å². The lowest BCUT2D eigenvalue weighted by Gasteiger charge is -2.24. The molecule has 0 saturated carbocycles. The first-order valence-electron chi connectivity index (χ1n) is 17.3. The number of hydrogen-bond donors (Lipinski definition) is 0. The fraction of sp³-hybridized carbons (Fsp3) is 0.0652. The molecule has 10 rings (SSSR count). The van der Waals surface area contributed by atoms with Crippen LogP contribution in [-0.2, 0) is 5.41 Å². The normalized spacial score (nSPS) is 13.1. The van der Waals surface area contributed by atoms with Gasteiger partial charge in [-0.1, -0.05) is 147 Å². The van der Waals surface area contributed by atoms with Gasteiger partial charge in [-0.25, -0.2) is 15.0 Å². The van der Waals surface area contributed by atoms with Crippen LogP contribution in [0.5, 0.6) is 0 Å². The maximum atomic E-state index is 6.77. The SMILES string of the molecule is CC1(C)c2ccccc2-c2c1n(-c1ccccc1)c1c2oc2ccc(-c3ccc(-c4nc(-c5ccccc5)nc(-c5ccccc5)n4)cc3)cc21. The van der Waals surface area contributed by atoms with Gasteiger partial charge in [-0.05, 0) is 46.5 Å². The Hall–Kier alpha value is -6.59. The summed E-state index contributed by atoms with van der Waals surface area (Å²) < 4.78 is 9.20. The molecular formula is C46H32N4O. The smallest absolute Gasteiger partial charge is 0.164 e. The van der Waals surface area contributed by atoms with Crippen molar-refractivity contribution < 1.29 is 4.42 Å². The van der Waals surface area contributed by atoms with Crippen molar-refractivity contribution in [2.75, 3.05) is 0 Å². The second kappa shape index (κ2) is 11.2. The zero-order chi connectivity index (χ0) is 34.1. The van der Waals surface area contributed by atoms with Crippen LogP contribution in [0.25, 0.3) is 84.2 Å². The lowest BCUT2D eigenvalue weighted by atomic mass is 9.85. The molecule has 242 valence electrons. The summed E-state index contributed by atoms with van der Waals surface area (Å²) >= 11 is 0. The highest BCUT2D eigenvalue weighted by atomic mass is 16.3. The minimum Gasteiger partial charge on any atom is -0.454 e. The van der Waals surface area contributed by atoms with Gasteiger partial charge in [0.1, 0.15) is 11.1 Å². The molecule has 3 heterocycles. The van der Waals surface area contributed by atoms with Crippen molar-refractivity contribution in [2.24, 2.45) is 0 Å². The number of para-hydroxylation sites is 1. The summed E-state index contributed by atoms with van der Waals surface area (Å²) in [6.07, 6.45) is 0. The number of aromatic nitrogens is 4. The molecule has 5 heteroatoms. The lowest BCUT2D eigenvalue weighted by Crippen LogP contribution is -2.19. The van der Waals surface area contributed by atoms with E-state index in [9.17, 15) is 0 Å². The second-order valence-corrected chi connectivity index (χ2v) is 13.7. The summed E-state index contributed by atoms with van der Waals surface area (Å²) in [4.78, 5) is 14.7. The molecule has 0 fully saturated rings. The summed E-state index contributed by atoms with van der Waals surface area (Å²) in [5.74, 6) is 1.94. The van der Waals surface area contributed by atoms with Gasteiger partial charge < -0.3 is 8.98 Å². The van der Waals surface area contributed by atoms with Crippen LogP contribution in [0.4, 0.5) is 0 Å². The zero-order valence-corrected chi connectivity index (χ0v) is 28.2. The van der Waals surface area contributed by atoms with E-state index >= 15 is 0 Å². The summed E-state index contributed by atoms with van der Waals surface area (Å²) in [6.45, 7) is 4.65. The Morgan fingerprint density at radius 3 is 1.65 bits per heavy atom. The van der Waals surface area contributed by atoms with Gasteiger partial charge in [0.2, 0.25) is 0 Å². The van der Waals surface area contributed by atoms with Crippen molar-refractivity contribution in [3.63, 3.8) is 0 Å². The Morgan fingerprint density at radius 2 is 1.02 bits per heavy atom. The topological polar surface area (TPSA) is 56.7 Å². The van der Waals surface area contributed by atoms with Crippen LogP contribution >= 0.6 is 0 Å². The van der Waals surface area contributed by atoms with Crippen LogP contribution in [0.2, 0.25) is 0 Å². The molecule has 1 aliphatic rings. The maximum absolute atomic E-state index is 6.77. The van der Waals surface area contributed by atoms with Crippen LogP contribution in [-0.4, -0.2) is 19.5 Å². The van der Waals surface area contributed by atoms with Gasteiger partial charge >= 0.3 is 0 Å². The van der Waals surface area contributed by atoms with Gasteiger partial charge in [-0.15, -0.1) is 0 Å². The molecule has 0 unspecified atom stereocenters. The van der Waals surface area contributed by atoms with E-state index in [-0.39, 0.29) is 5.41 Å². The molecule has 1 aliphatic carbocycles. The number of rotatable bonds is 5. The first kappa shape index (κ1) is 29.3. The number of nitrogens with zero attached hydrogens (tertiary/aromatic N) is 4. The first-order valence-corrected chi connectivity index (χ1v) is 17.3. The van der Waals surface area contributed by atoms with Crippen LogP contribution in [0.3, 0.4) is 0 Å². The highest BCUT2D eigenvalue weighted by molar-refractivity contribution is 6.13. The highest BCUT2D eigenvalue weighted by Crippen LogP contribution is 2.55. The van der Waals surface area contributed by atoms with Gasteiger partial charge in [0.15, 0.2) is 23.1 Å². The number of fused-ring (bicyclic) bond motifs is 7. The molecule has 5 nitrogen and oxygen atoms in total. The van der Waals surface area contributed by atoms with Crippen LogP contribution in [0, 0.1) is 0 Å². The predicted molar refractivity (Wildman–Crippen MR) is 206 cm³/mol. The van der Waals surface area contributed by atoms with E-state index in [2.05, 4.69) is 115 Å². The molecule has 9 aromatic rings. The molecule has 51 heavy (non-hydrogen) atoms. The zero-order valence-electron chi connectivity index (χ0n) is 28.2. The summed E-state index contributed by atoms with van der Waals surface area (Å²) in [6, 6.07) is 54.6. The third-order valence-electron chi connectivity index (χ3n) is 10.2. The Balaban J connectivity index is 1.11. The molecule has 0 radical (unpaired) electrons. The van der Waals surface area contributed by atoms with Crippen molar-refractivity contribution in [3.8, 4) is 62.1 Å². The molecule has 3 aromatic heterocycles. The van der Waals surface area contributed by atoms with Crippen molar-refractivity contribution in [3.05, 3.63) is 169 Å². The van der Waals surface area contributed by atoms with E-state index in [1.54, 1.807) is 0 Å². The van der Waals surface area contributed by atoms with Gasteiger partial charge in [0.05, 0.1) is 0 Å². The fourth-order valence-electron chi connectivity index (χ4n) is 7.79. The summed E-state index contributed by atoms with van der Waals surface area (Å²) in [5.41, 5.74) is 13.9. The molecule has 0 atom stereocenters. The van der Waals surface area contributed by atoms with E-state index in [1.165, 1.54) is 22.4 Å². The third kappa shape index (κ3) is 4.59. The Labute approximate surface area is 295 Å². The van der Waals surface area contributed by atoms with E-state index in [1.807, 2.05) is 60.7 Å².